The standard InChI is InChI=1S/C46H31BrN2OS/c1-25-23-39-36(33-21-19-27-11-3-5-13-29(27)43(33)50-39)24-37(25)48-46(26(2)47)49-38-18-10-9-17-34(38)40-31-15-7-8-16-32(31)41-35-22-20-28-12-4-6-14-30(28)44(35)51-45(41)42(40)49/h3-5,7-13,15-24,27,29H,2,6,14H2,1H3/b48-46+. The van der Waals surface area contributed by atoms with Crippen molar-refractivity contribution in [2.24, 2.45) is 10.9 Å². The molecule has 51 heavy (non-hydrogen) atoms. The van der Waals surface area contributed by atoms with E-state index in [0.717, 1.165) is 62.2 Å². The number of rotatable bonds is 2. The molecule has 3 aliphatic rings. The Labute approximate surface area is 307 Å². The van der Waals surface area contributed by atoms with Crippen LogP contribution in [0.1, 0.15) is 40.4 Å². The van der Waals surface area contributed by atoms with Crippen LogP contribution >= 0.6 is 27.3 Å². The first-order chi connectivity index (χ1) is 25.0. The zero-order valence-electron chi connectivity index (χ0n) is 27.9. The number of halogens is 1. The molecule has 8 aromatic rings. The third kappa shape index (κ3) is 4.13. The minimum absolute atomic E-state index is 0.213. The zero-order chi connectivity index (χ0) is 34.0. The summed E-state index contributed by atoms with van der Waals surface area (Å²) in [5, 5.41) is 8.75. The Bertz CT molecular complexity index is 3030. The van der Waals surface area contributed by atoms with E-state index in [4.69, 9.17) is 9.41 Å². The van der Waals surface area contributed by atoms with Crippen LogP contribution in [-0.4, -0.2) is 10.4 Å². The Balaban J connectivity index is 1.24. The monoisotopic (exact) mass is 738 g/mol. The van der Waals surface area contributed by atoms with Gasteiger partial charge in [0.2, 0.25) is 0 Å². The molecule has 0 amide bonds. The van der Waals surface area contributed by atoms with Crippen molar-refractivity contribution >= 4 is 115 Å². The van der Waals surface area contributed by atoms with Gasteiger partial charge in [0, 0.05) is 49.0 Å². The fourth-order valence-electron chi connectivity index (χ4n) is 8.82. The topological polar surface area (TPSA) is 30.4 Å². The molecule has 11 rings (SSSR count). The number of hydrogen-bond acceptors (Lipinski definition) is 3. The maximum atomic E-state index is 6.57. The highest BCUT2D eigenvalue weighted by Gasteiger charge is 2.30. The molecular weight excluding hydrogens is 708 g/mol. The highest BCUT2D eigenvalue weighted by Crippen LogP contribution is 2.49. The molecular formula is C46H31BrN2OS. The largest absolute Gasteiger partial charge is 0.460 e. The lowest BCUT2D eigenvalue weighted by molar-refractivity contribution is 0.492. The van der Waals surface area contributed by atoms with Crippen LogP contribution in [0.5, 0.6) is 0 Å². The van der Waals surface area contributed by atoms with Crippen LogP contribution in [-0.2, 0) is 6.42 Å². The van der Waals surface area contributed by atoms with Crippen LogP contribution in [0.3, 0.4) is 0 Å². The molecule has 0 aliphatic heterocycles. The second-order valence-electron chi connectivity index (χ2n) is 14.0. The Morgan fingerprint density at radius 1 is 0.863 bits per heavy atom. The molecule has 0 spiro atoms. The number of para-hydroxylation sites is 1. The number of aryl methyl sites for hydroxylation is 2. The maximum Gasteiger partial charge on any atom is 0.152 e. The molecule has 0 radical (unpaired) electrons. The lowest BCUT2D eigenvalue weighted by Gasteiger charge is -2.23. The van der Waals surface area contributed by atoms with E-state index in [9.17, 15) is 0 Å². The van der Waals surface area contributed by atoms with Gasteiger partial charge in [-0.15, -0.1) is 11.3 Å². The van der Waals surface area contributed by atoms with Gasteiger partial charge in [0.05, 0.1) is 25.9 Å². The third-order valence-corrected chi connectivity index (χ3v) is 12.8. The second-order valence-corrected chi connectivity index (χ2v) is 15.9. The van der Waals surface area contributed by atoms with Crippen molar-refractivity contribution in [1.29, 1.82) is 0 Å². The summed E-state index contributed by atoms with van der Waals surface area (Å²) in [7, 11) is 0. The van der Waals surface area contributed by atoms with Crippen molar-refractivity contribution in [2.45, 2.75) is 25.7 Å². The summed E-state index contributed by atoms with van der Waals surface area (Å²) in [6.07, 6.45) is 20.0. The van der Waals surface area contributed by atoms with E-state index >= 15 is 0 Å². The maximum absolute atomic E-state index is 6.57. The zero-order valence-corrected chi connectivity index (χ0v) is 30.3. The lowest BCUT2D eigenvalue weighted by atomic mass is 9.81. The second kappa shape index (κ2) is 10.9. The first-order valence-electron chi connectivity index (χ1n) is 17.6. The Morgan fingerprint density at radius 2 is 1.67 bits per heavy atom. The number of fused-ring (bicyclic) bond motifs is 17. The normalized spacial score (nSPS) is 18.1. The van der Waals surface area contributed by atoms with Gasteiger partial charge < -0.3 is 4.42 Å². The Morgan fingerprint density at radius 3 is 2.53 bits per heavy atom. The first-order valence-corrected chi connectivity index (χ1v) is 19.2. The van der Waals surface area contributed by atoms with Crippen LogP contribution in [0.25, 0.3) is 75.9 Å². The summed E-state index contributed by atoms with van der Waals surface area (Å²) in [6, 6.07) is 26.7. The van der Waals surface area contributed by atoms with Gasteiger partial charge in [-0.05, 0) is 81.4 Å². The van der Waals surface area contributed by atoms with Crippen LogP contribution in [0.15, 0.2) is 130 Å². The molecule has 0 saturated heterocycles. The summed E-state index contributed by atoms with van der Waals surface area (Å²) >= 11 is 5.79. The van der Waals surface area contributed by atoms with Gasteiger partial charge in [0.25, 0.3) is 0 Å². The first kappa shape index (κ1) is 29.5. The van der Waals surface area contributed by atoms with E-state index in [-0.39, 0.29) is 5.92 Å². The number of furan rings is 1. The van der Waals surface area contributed by atoms with Crippen molar-refractivity contribution in [3.05, 3.63) is 148 Å². The van der Waals surface area contributed by atoms with Crippen LogP contribution in [0.4, 0.5) is 5.69 Å². The Hall–Kier alpha value is -5.23. The van der Waals surface area contributed by atoms with Crippen LogP contribution in [0.2, 0.25) is 0 Å². The van der Waals surface area contributed by atoms with Gasteiger partial charge in [-0.25, -0.2) is 4.99 Å². The van der Waals surface area contributed by atoms with Crippen LogP contribution in [0, 0.1) is 12.8 Å². The van der Waals surface area contributed by atoms with Crippen LogP contribution < -0.4 is 0 Å². The third-order valence-electron chi connectivity index (χ3n) is 11.1. The molecule has 0 bridgehead atoms. The molecule has 5 heteroatoms. The van der Waals surface area contributed by atoms with E-state index in [2.05, 4.69) is 155 Å². The average Bonchev–Trinajstić information content (AvgIpc) is 3.84. The van der Waals surface area contributed by atoms with Gasteiger partial charge in [-0.2, -0.15) is 0 Å². The van der Waals surface area contributed by atoms with Crippen molar-refractivity contribution in [1.82, 2.24) is 4.57 Å². The van der Waals surface area contributed by atoms with Crippen molar-refractivity contribution in [3.8, 4) is 0 Å². The van der Waals surface area contributed by atoms with Gasteiger partial charge >= 0.3 is 0 Å². The fourth-order valence-corrected chi connectivity index (χ4v) is 10.5. The van der Waals surface area contributed by atoms with E-state index in [0.29, 0.717) is 5.92 Å². The van der Waals surface area contributed by atoms with Gasteiger partial charge in [0.1, 0.15) is 11.3 Å². The SMILES string of the molecule is C=C(Br)/C(=N\c1cc2c3c(oc2cc1C)C1C=CC=CC1C=C3)n1c2ccccc2c2c3ccccc3c3c4ccc5c(c4sc3c21)CCC=C5. The summed E-state index contributed by atoms with van der Waals surface area (Å²) in [4.78, 5) is 5.51. The summed E-state index contributed by atoms with van der Waals surface area (Å²) < 4.78 is 12.3. The number of thiophene rings is 1. The van der Waals surface area contributed by atoms with E-state index in [1.807, 2.05) is 11.3 Å². The molecule has 2 unspecified atom stereocenters. The number of aliphatic imine (C=N–C) groups is 1. The van der Waals surface area contributed by atoms with Crippen molar-refractivity contribution in [2.75, 3.05) is 0 Å². The number of nitrogens with zero attached hydrogens (tertiary/aromatic N) is 2. The predicted molar refractivity (Wildman–Crippen MR) is 222 cm³/mol. The highest BCUT2D eigenvalue weighted by molar-refractivity contribution is 9.12. The minimum Gasteiger partial charge on any atom is -0.460 e. The minimum atomic E-state index is 0.213. The number of allylic oxidation sites excluding steroid dienone is 7. The lowest BCUT2D eigenvalue weighted by Crippen LogP contribution is -2.11. The van der Waals surface area contributed by atoms with Crippen molar-refractivity contribution < 1.29 is 4.42 Å². The highest BCUT2D eigenvalue weighted by atomic mass is 79.9. The average molecular weight is 740 g/mol. The van der Waals surface area contributed by atoms with Gasteiger partial charge in [-0.1, -0.05) is 110 Å². The molecule has 244 valence electrons. The summed E-state index contributed by atoms with van der Waals surface area (Å²) in [5.41, 5.74) is 9.09. The molecule has 5 aromatic carbocycles. The molecule has 3 nitrogen and oxygen atoms in total. The number of aromatic nitrogens is 1. The predicted octanol–water partition coefficient (Wildman–Crippen LogP) is 13.7. The van der Waals surface area contributed by atoms with Crippen molar-refractivity contribution in [3.63, 3.8) is 0 Å². The molecule has 3 aliphatic carbocycles. The van der Waals surface area contributed by atoms with Gasteiger partial charge in [0.15, 0.2) is 5.84 Å². The molecule has 0 saturated carbocycles. The van der Waals surface area contributed by atoms with E-state index in [1.54, 1.807) is 0 Å². The summed E-state index contributed by atoms with van der Waals surface area (Å²) in [6.45, 7) is 6.60. The number of hydrogen-bond donors (Lipinski definition) is 0. The number of benzene rings is 5. The smallest absolute Gasteiger partial charge is 0.152 e. The molecule has 3 aromatic heterocycles. The molecule has 3 heterocycles. The quantitative estimate of drug-likeness (QED) is 0.128. The van der Waals surface area contributed by atoms with Gasteiger partial charge in [-0.3, -0.25) is 4.57 Å². The molecule has 0 N–H and O–H groups in total. The Kier molecular flexibility index (Phi) is 6.29. The fraction of sp³-hybridized carbons (Fsp3) is 0.109. The molecule has 2 atom stereocenters. The molecule has 0 fully saturated rings. The van der Waals surface area contributed by atoms with E-state index < -0.39 is 0 Å². The van der Waals surface area contributed by atoms with E-state index in [1.165, 1.54) is 58.4 Å². The summed E-state index contributed by atoms with van der Waals surface area (Å²) in [5.74, 6) is 2.34.